The van der Waals surface area contributed by atoms with E-state index in [0.717, 1.165) is 29.1 Å². The third kappa shape index (κ3) is 2.98. The minimum atomic E-state index is -0.0671. The number of aryl methyl sites for hydroxylation is 2. The van der Waals surface area contributed by atoms with Crippen molar-refractivity contribution in [3.05, 3.63) is 23.0 Å². The topological polar surface area (TPSA) is 85.8 Å². The number of nitrogens with two attached hydrogens (primary N) is 1. The van der Waals surface area contributed by atoms with Crippen LogP contribution in [0.1, 0.15) is 28.2 Å². The first-order valence-corrected chi connectivity index (χ1v) is 7.87. The van der Waals surface area contributed by atoms with Crippen molar-refractivity contribution in [2.75, 3.05) is 6.54 Å². The molecule has 1 aliphatic carbocycles. The lowest BCUT2D eigenvalue weighted by atomic mass is 10.2. The Bertz CT molecular complexity index is 658. The Balaban J connectivity index is 1.78. The molecule has 1 atom stereocenters. The Hall–Kier alpha value is -1.73. The van der Waals surface area contributed by atoms with Crippen LogP contribution in [-0.2, 0) is 7.05 Å². The average molecular weight is 305 g/mol. The molecule has 2 heterocycles. The molecule has 0 bridgehead atoms. The largest absolute Gasteiger partial charge is 0.347 e. The Morgan fingerprint density at radius 2 is 2.38 bits per heavy atom. The third-order valence-corrected chi connectivity index (χ3v) is 4.92. The van der Waals surface area contributed by atoms with E-state index in [2.05, 4.69) is 15.4 Å². The number of nitrogens with zero attached hydrogens (tertiary/aromatic N) is 3. The van der Waals surface area contributed by atoms with E-state index < -0.39 is 0 Å². The van der Waals surface area contributed by atoms with Crippen LogP contribution >= 0.6 is 11.3 Å². The number of hydrogen-bond acceptors (Lipinski definition) is 5. The molecule has 6 nitrogen and oxygen atoms in total. The smallest absolute Gasteiger partial charge is 0.263 e. The number of aromatic nitrogens is 3. The SMILES string of the molecule is Cc1nc(-c2cnn(C)c2)sc1C(=O)NC(CN)C1CC1. The molecular formula is C14H19N5OS. The van der Waals surface area contributed by atoms with Gasteiger partial charge in [0.15, 0.2) is 0 Å². The van der Waals surface area contributed by atoms with Crippen LogP contribution in [0.2, 0.25) is 0 Å². The lowest BCUT2D eigenvalue weighted by Crippen LogP contribution is -2.41. The molecule has 1 amide bonds. The summed E-state index contributed by atoms with van der Waals surface area (Å²) < 4.78 is 1.73. The molecule has 1 unspecified atom stereocenters. The maximum atomic E-state index is 12.4. The summed E-state index contributed by atoms with van der Waals surface area (Å²) in [6, 6.07) is 0.0841. The lowest BCUT2D eigenvalue weighted by Gasteiger charge is -2.15. The van der Waals surface area contributed by atoms with Crippen molar-refractivity contribution < 1.29 is 4.79 Å². The van der Waals surface area contributed by atoms with Crippen LogP contribution in [0.4, 0.5) is 0 Å². The second-order valence-electron chi connectivity index (χ2n) is 5.49. The first-order chi connectivity index (χ1) is 10.1. The maximum Gasteiger partial charge on any atom is 0.263 e. The van der Waals surface area contributed by atoms with E-state index in [0.29, 0.717) is 17.3 Å². The summed E-state index contributed by atoms with van der Waals surface area (Å²) in [7, 11) is 1.86. The quantitative estimate of drug-likeness (QED) is 0.872. The van der Waals surface area contributed by atoms with Crippen molar-refractivity contribution in [1.29, 1.82) is 0 Å². The summed E-state index contributed by atoms with van der Waals surface area (Å²) in [5.41, 5.74) is 7.42. The Morgan fingerprint density at radius 3 is 2.95 bits per heavy atom. The average Bonchev–Trinajstić information content (AvgIpc) is 3.09. The summed E-state index contributed by atoms with van der Waals surface area (Å²) in [6.07, 6.45) is 5.97. The van der Waals surface area contributed by atoms with Crippen LogP contribution in [0.5, 0.6) is 0 Å². The van der Waals surface area contributed by atoms with Gasteiger partial charge in [0.2, 0.25) is 0 Å². The molecule has 1 aliphatic rings. The second-order valence-corrected chi connectivity index (χ2v) is 6.49. The molecule has 3 N–H and O–H groups in total. The predicted octanol–water partition coefficient (Wildman–Crippen LogP) is 1.32. The molecule has 0 spiro atoms. The highest BCUT2D eigenvalue weighted by atomic mass is 32.1. The van der Waals surface area contributed by atoms with E-state index in [4.69, 9.17) is 5.73 Å². The van der Waals surface area contributed by atoms with Gasteiger partial charge in [-0.05, 0) is 25.7 Å². The zero-order valence-electron chi connectivity index (χ0n) is 12.2. The number of rotatable bonds is 5. The molecule has 7 heteroatoms. The van der Waals surface area contributed by atoms with Crippen LogP contribution in [0.3, 0.4) is 0 Å². The molecule has 1 fully saturated rings. The standard InChI is InChI=1S/C14H19N5OS/c1-8-12(13(20)18-11(5-15)9-3-4-9)21-14(17-8)10-6-16-19(2)7-10/h6-7,9,11H,3-5,15H2,1-2H3,(H,18,20). The van der Waals surface area contributed by atoms with Gasteiger partial charge in [-0.3, -0.25) is 9.48 Å². The fourth-order valence-electron chi connectivity index (χ4n) is 2.36. The highest BCUT2D eigenvalue weighted by molar-refractivity contribution is 7.17. The number of carbonyl (C=O) groups excluding carboxylic acids is 1. The van der Waals surface area contributed by atoms with Gasteiger partial charge in [0, 0.05) is 31.4 Å². The number of thiazole rings is 1. The predicted molar refractivity (Wildman–Crippen MR) is 82.1 cm³/mol. The fraction of sp³-hybridized carbons (Fsp3) is 0.500. The minimum absolute atomic E-state index is 0.0671. The van der Waals surface area contributed by atoms with E-state index in [1.54, 1.807) is 10.9 Å². The van der Waals surface area contributed by atoms with Crippen molar-refractivity contribution >= 4 is 17.2 Å². The molecule has 0 aromatic carbocycles. The van der Waals surface area contributed by atoms with Gasteiger partial charge in [-0.1, -0.05) is 0 Å². The molecule has 2 aromatic rings. The number of carbonyl (C=O) groups is 1. The van der Waals surface area contributed by atoms with E-state index in [1.807, 2.05) is 20.2 Å². The summed E-state index contributed by atoms with van der Waals surface area (Å²) >= 11 is 1.40. The molecule has 21 heavy (non-hydrogen) atoms. The Kier molecular flexibility index (Phi) is 3.77. The normalized spacial score (nSPS) is 16.0. The van der Waals surface area contributed by atoms with E-state index in [-0.39, 0.29) is 11.9 Å². The van der Waals surface area contributed by atoms with Crippen molar-refractivity contribution in [3.8, 4) is 10.6 Å². The number of amides is 1. The summed E-state index contributed by atoms with van der Waals surface area (Å²) in [5.74, 6) is 0.479. The highest BCUT2D eigenvalue weighted by Gasteiger charge is 2.32. The van der Waals surface area contributed by atoms with E-state index >= 15 is 0 Å². The Morgan fingerprint density at radius 1 is 1.62 bits per heavy atom. The summed E-state index contributed by atoms with van der Waals surface area (Å²) in [4.78, 5) is 17.5. The zero-order valence-corrected chi connectivity index (χ0v) is 13.0. The second kappa shape index (κ2) is 5.57. The van der Waals surface area contributed by atoms with Crippen LogP contribution < -0.4 is 11.1 Å². The molecule has 0 saturated heterocycles. The van der Waals surface area contributed by atoms with Gasteiger partial charge in [-0.25, -0.2) is 4.98 Å². The molecule has 0 aliphatic heterocycles. The van der Waals surface area contributed by atoms with Gasteiger partial charge in [0.1, 0.15) is 9.88 Å². The first kappa shape index (κ1) is 14.2. The third-order valence-electron chi connectivity index (χ3n) is 3.72. The number of nitrogens with one attached hydrogen (secondary N) is 1. The van der Waals surface area contributed by atoms with Gasteiger partial charge in [-0.2, -0.15) is 5.10 Å². The molecule has 1 saturated carbocycles. The zero-order chi connectivity index (χ0) is 15.0. The van der Waals surface area contributed by atoms with Gasteiger partial charge >= 0.3 is 0 Å². The van der Waals surface area contributed by atoms with Crippen molar-refractivity contribution in [1.82, 2.24) is 20.1 Å². The number of hydrogen-bond donors (Lipinski definition) is 2. The Labute approximate surface area is 127 Å². The lowest BCUT2D eigenvalue weighted by molar-refractivity contribution is 0.0937. The molecule has 0 radical (unpaired) electrons. The van der Waals surface area contributed by atoms with Crippen LogP contribution in [0.25, 0.3) is 10.6 Å². The van der Waals surface area contributed by atoms with Crippen molar-refractivity contribution in [2.24, 2.45) is 18.7 Å². The minimum Gasteiger partial charge on any atom is -0.347 e. The molecule has 2 aromatic heterocycles. The van der Waals surface area contributed by atoms with Crippen molar-refractivity contribution in [2.45, 2.75) is 25.8 Å². The molecular weight excluding hydrogens is 286 g/mol. The van der Waals surface area contributed by atoms with Gasteiger partial charge in [0.05, 0.1) is 11.9 Å². The summed E-state index contributed by atoms with van der Waals surface area (Å²) in [5, 5.41) is 8.00. The van der Waals surface area contributed by atoms with Gasteiger partial charge in [-0.15, -0.1) is 11.3 Å². The van der Waals surface area contributed by atoms with Gasteiger partial charge < -0.3 is 11.1 Å². The van der Waals surface area contributed by atoms with E-state index in [9.17, 15) is 4.79 Å². The monoisotopic (exact) mass is 305 g/mol. The van der Waals surface area contributed by atoms with Crippen LogP contribution in [0.15, 0.2) is 12.4 Å². The first-order valence-electron chi connectivity index (χ1n) is 7.06. The highest BCUT2D eigenvalue weighted by Crippen LogP contribution is 2.33. The summed E-state index contributed by atoms with van der Waals surface area (Å²) in [6.45, 7) is 2.35. The molecule has 112 valence electrons. The van der Waals surface area contributed by atoms with E-state index in [1.165, 1.54) is 11.3 Å². The van der Waals surface area contributed by atoms with Gasteiger partial charge in [0.25, 0.3) is 5.91 Å². The fourth-order valence-corrected chi connectivity index (χ4v) is 3.31. The van der Waals surface area contributed by atoms with Crippen LogP contribution in [0, 0.1) is 12.8 Å². The maximum absolute atomic E-state index is 12.4. The molecule has 3 rings (SSSR count). The van der Waals surface area contributed by atoms with Crippen LogP contribution in [-0.4, -0.2) is 33.3 Å². The van der Waals surface area contributed by atoms with Crippen molar-refractivity contribution in [3.63, 3.8) is 0 Å².